The van der Waals surface area contributed by atoms with Crippen molar-refractivity contribution in [3.05, 3.63) is 72.3 Å². The van der Waals surface area contributed by atoms with Crippen molar-refractivity contribution in [1.82, 2.24) is 15.1 Å². The molecule has 0 amide bonds. The average molecular weight is 299 g/mol. The number of benzene rings is 1. The van der Waals surface area contributed by atoms with Crippen molar-refractivity contribution in [2.75, 3.05) is 20.6 Å². The fraction of sp³-hybridized carbons (Fsp3) is 0.368. The van der Waals surface area contributed by atoms with Gasteiger partial charge in [-0.25, -0.2) is 0 Å². The third-order valence-corrected chi connectivity index (χ3v) is 3.79. The molecular weight excluding hydrogens is 270 g/mol. The van der Waals surface area contributed by atoms with E-state index in [0.717, 1.165) is 36.6 Å². The summed E-state index contributed by atoms with van der Waals surface area (Å²) in [5, 5.41) is 3.54. The lowest BCUT2D eigenvalue weighted by molar-refractivity contribution is 0.412. The maximum atomic E-state index is 4.27. The van der Waals surface area contributed by atoms with E-state index >= 15 is 0 Å². The SMILES string of the molecule is C=CN(C)/C(C)=C(/NCc1ccccc1)C(=C)N(C)CCC. The fourth-order valence-corrected chi connectivity index (χ4v) is 2.20. The van der Waals surface area contributed by atoms with Crippen LogP contribution >= 0.6 is 0 Å². The third kappa shape index (κ3) is 4.99. The predicted octanol–water partition coefficient (Wildman–Crippen LogP) is 3.94. The van der Waals surface area contributed by atoms with Crippen LogP contribution in [-0.2, 0) is 6.54 Å². The van der Waals surface area contributed by atoms with Crippen molar-refractivity contribution in [1.29, 1.82) is 0 Å². The Morgan fingerprint density at radius 2 is 1.86 bits per heavy atom. The van der Waals surface area contributed by atoms with Crippen molar-refractivity contribution in [2.45, 2.75) is 26.8 Å². The Hall–Kier alpha value is -2.16. The van der Waals surface area contributed by atoms with Crippen LogP contribution in [0, 0.1) is 0 Å². The molecule has 0 unspecified atom stereocenters. The predicted molar refractivity (Wildman–Crippen MR) is 96.0 cm³/mol. The standard InChI is InChI=1S/C19H29N3/c1-7-14-22(6)17(4)19(16(3)21(5)8-2)20-15-18-12-10-9-11-13-18/h8-13,20H,2,4,7,14-15H2,1,3,5-6H3/b19-16+. The van der Waals surface area contributed by atoms with E-state index in [-0.39, 0.29) is 0 Å². The van der Waals surface area contributed by atoms with Crippen molar-refractivity contribution in [2.24, 2.45) is 0 Å². The molecule has 1 aromatic carbocycles. The summed E-state index contributed by atoms with van der Waals surface area (Å²) in [6.45, 7) is 14.1. The van der Waals surface area contributed by atoms with Gasteiger partial charge < -0.3 is 15.1 Å². The normalized spacial score (nSPS) is 11.5. The van der Waals surface area contributed by atoms with E-state index in [1.54, 1.807) is 0 Å². The summed E-state index contributed by atoms with van der Waals surface area (Å²) in [5.41, 5.74) is 4.42. The van der Waals surface area contributed by atoms with Crippen LogP contribution in [0.25, 0.3) is 0 Å². The van der Waals surface area contributed by atoms with Crippen molar-refractivity contribution < 1.29 is 0 Å². The third-order valence-electron chi connectivity index (χ3n) is 3.79. The van der Waals surface area contributed by atoms with E-state index in [2.05, 4.69) is 68.5 Å². The first-order valence-electron chi connectivity index (χ1n) is 7.75. The molecule has 0 aromatic heterocycles. The zero-order valence-corrected chi connectivity index (χ0v) is 14.4. The number of nitrogens with one attached hydrogen (secondary N) is 1. The van der Waals surface area contributed by atoms with Crippen LogP contribution in [0.4, 0.5) is 0 Å². The quantitative estimate of drug-likeness (QED) is 0.697. The van der Waals surface area contributed by atoms with Crippen LogP contribution in [0.5, 0.6) is 0 Å². The first-order chi connectivity index (χ1) is 10.5. The van der Waals surface area contributed by atoms with E-state index in [9.17, 15) is 0 Å². The largest absolute Gasteiger partial charge is 0.378 e. The minimum atomic E-state index is 0.775. The first-order valence-corrected chi connectivity index (χ1v) is 7.75. The second-order valence-electron chi connectivity index (χ2n) is 5.46. The van der Waals surface area contributed by atoms with Gasteiger partial charge in [-0.3, -0.25) is 0 Å². The molecule has 3 heteroatoms. The molecule has 0 heterocycles. The number of nitrogens with zero attached hydrogens (tertiary/aromatic N) is 2. The van der Waals surface area contributed by atoms with Gasteiger partial charge in [0, 0.05) is 32.9 Å². The summed E-state index contributed by atoms with van der Waals surface area (Å²) >= 11 is 0. The van der Waals surface area contributed by atoms with Crippen LogP contribution in [0.1, 0.15) is 25.8 Å². The Morgan fingerprint density at radius 1 is 1.23 bits per heavy atom. The zero-order chi connectivity index (χ0) is 16.5. The molecule has 1 N–H and O–H groups in total. The topological polar surface area (TPSA) is 18.5 Å². The highest BCUT2D eigenvalue weighted by Gasteiger charge is 2.12. The highest BCUT2D eigenvalue weighted by atomic mass is 15.2. The van der Waals surface area contributed by atoms with E-state index in [0.29, 0.717) is 0 Å². The Bertz CT molecular complexity index is 517. The summed E-state index contributed by atoms with van der Waals surface area (Å²) < 4.78 is 0. The number of hydrogen-bond donors (Lipinski definition) is 1. The molecule has 0 atom stereocenters. The van der Waals surface area contributed by atoms with Gasteiger partial charge in [0.15, 0.2) is 0 Å². The minimum Gasteiger partial charge on any atom is -0.378 e. The average Bonchev–Trinajstić information content (AvgIpc) is 2.54. The van der Waals surface area contributed by atoms with Crippen LogP contribution in [-0.4, -0.2) is 30.4 Å². The zero-order valence-electron chi connectivity index (χ0n) is 14.4. The lowest BCUT2D eigenvalue weighted by atomic mass is 10.2. The number of rotatable bonds is 9. The summed E-state index contributed by atoms with van der Waals surface area (Å²) in [7, 11) is 4.08. The highest BCUT2D eigenvalue weighted by Crippen LogP contribution is 2.17. The van der Waals surface area contributed by atoms with Crippen LogP contribution in [0.3, 0.4) is 0 Å². The maximum Gasteiger partial charge on any atom is 0.0769 e. The molecule has 120 valence electrons. The monoisotopic (exact) mass is 299 g/mol. The van der Waals surface area contributed by atoms with Gasteiger partial charge in [0.25, 0.3) is 0 Å². The van der Waals surface area contributed by atoms with Crippen LogP contribution in [0.2, 0.25) is 0 Å². The van der Waals surface area contributed by atoms with Crippen molar-refractivity contribution >= 4 is 0 Å². The minimum absolute atomic E-state index is 0.775. The van der Waals surface area contributed by atoms with Crippen molar-refractivity contribution in [3.63, 3.8) is 0 Å². The van der Waals surface area contributed by atoms with Crippen LogP contribution < -0.4 is 5.32 Å². The smallest absolute Gasteiger partial charge is 0.0769 e. The number of hydrogen-bond acceptors (Lipinski definition) is 3. The Morgan fingerprint density at radius 3 is 2.41 bits per heavy atom. The molecule has 22 heavy (non-hydrogen) atoms. The summed E-state index contributed by atoms with van der Waals surface area (Å²) in [5.74, 6) is 0. The van der Waals surface area contributed by atoms with E-state index in [1.807, 2.05) is 24.2 Å². The fourth-order valence-electron chi connectivity index (χ4n) is 2.20. The second-order valence-corrected chi connectivity index (χ2v) is 5.46. The molecule has 0 saturated carbocycles. The van der Waals surface area contributed by atoms with E-state index in [1.165, 1.54) is 5.56 Å². The Kier molecular flexibility index (Phi) is 7.30. The summed E-state index contributed by atoms with van der Waals surface area (Å²) in [6.07, 6.45) is 2.91. The molecule has 0 aliphatic carbocycles. The molecule has 1 rings (SSSR count). The summed E-state index contributed by atoms with van der Waals surface area (Å²) in [4.78, 5) is 4.20. The van der Waals surface area contributed by atoms with Crippen molar-refractivity contribution in [3.8, 4) is 0 Å². The number of allylic oxidation sites excluding steroid dienone is 1. The summed E-state index contributed by atoms with van der Waals surface area (Å²) in [6, 6.07) is 10.4. The first kappa shape index (κ1) is 17.9. The van der Waals surface area contributed by atoms with Gasteiger partial charge in [0.05, 0.1) is 11.4 Å². The van der Waals surface area contributed by atoms with Gasteiger partial charge in [-0.2, -0.15) is 0 Å². The lowest BCUT2D eigenvalue weighted by Crippen LogP contribution is -2.28. The van der Waals surface area contributed by atoms with Gasteiger partial charge in [-0.15, -0.1) is 0 Å². The molecule has 3 nitrogen and oxygen atoms in total. The molecule has 0 spiro atoms. The molecule has 0 aliphatic heterocycles. The molecule has 1 aromatic rings. The highest BCUT2D eigenvalue weighted by molar-refractivity contribution is 5.31. The Labute approximate surface area is 135 Å². The van der Waals surface area contributed by atoms with Gasteiger partial charge in [-0.05, 0) is 25.1 Å². The Balaban J connectivity index is 2.96. The molecule has 0 aliphatic rings. The molecule has 0 radical (unpaired) electrons. The van der Waals surface area contributed by atoms with Crippen LogP contribution in [0.15, 0.2) is 66.8 Å². The molecular formula is C19H29N3. The van der Waals surface area contributed by atoms with E-state index < -0.39 is 0 Å². The van der Waals surface area contributed by atoms with E-state index in [4.69, 9.17) is 0 Å². The van der Waals surface area contributed by atoms with Gasteiger partial charge in [-0.1, -0.05) is 50.4 Å². The maximum absolute atomic E-state index is 4.27. The molecule has 0 saturated heterocycles. The van der Waals surface area contributed by atoms with Gasteiger partial charge in [0.2, 0.25) is 0 Å². The second kappa shape index (κ2) is 8.98. The number of likely N-dealkylation sites (N-methyl/N-ethyl adjacent to an activating group) is 1. The van der Waals surface area contributed by atoms with Gasteiger partial charge in [0.1, 0.15) is 0 Å². The van der Waals surface area contributed by atoms with Gasteiger partial charge >= 0.3 is 0 Å². The molecule has 0 bridgehead atoms. The lowest BCUT2D eigenvalue weighted by Gasteiger charge is -2.28. The molecule has 0 fully saturated rings.